The molecule has 1 aliphatic rings. The summed E-state index contributed by atoms with van der Waals surface area (Å²) in [4.78, 5) is 20.4. The van der Waals surface area contributed by atoms with Crippen molar-refractivity contribution < 1.29 is 19.4 Å². The summed E-state index contributed by atoms with van der Waals surface area (Å²) in [5.41, 5.74) is 1.53. The zero-order chi connectivity index (χ0) is 18.5. The van der Waals surface area contributed by atoms with Crippen molar-refractivity contribution in [1.29, 1.82) is 0 Å². The zero-order valence-electron chi connectivity index (χ0n) is 14.4. The van der Waals surface area contributed by atoms with Gasteiger partial charge in [0, 0.05) is 11.9 Å². The molecule has 0 spiro atoms. The molecule has 0 fully saturated rings. The summed E-state index contributed by atoms with van der Waals surface area (Å²) in [5, 5.41) is 10.9. The lowest BCUT2D eigenvalue weighted by Gasteiger charge is -2.04. The smallest absolute Gasteiger partial charge is 0.344 e. The van der Waals surface area contributed by atoms with Gasteiger partial charge in [0.2, 0.25) is 0 Å². The van der Waals surface area contributed by atoms with Gasteiger partial charge in [0.1, 0.15) is 22.1 Å². The minimum atomic E-state index is -0.598. The van der Waals surface area contributed by atoms with E-state index in [1.165, 1.54) is 11.8 Å². The number of hydrogen-bond acceptors (Lipinski definition) is 6. The van der Waals surface area contributed by atoms with E-state index in [-0.39, 0.29) is 17.9 Å². The number of aliphatic hydroxyl groups is 1. The Morgan fingerprint density at radius 3 is 2.69 bits per heavy atom. The van der Waals surface area contributed by atoms with Crippen LogP contribution >= 0.6 is 11.8 Å². The number of esters is 1. The molecular formula is C19H18N2O4S. The maximum absolute atomic E-state index is 12.3. The molecule has 0 bridgehead atoms. The van der Waals surface area contributed by atoms with Crippen molar-refractivity contribution in [3.8, 4) is 5.75 Å². The Hall–Kier alpha value is -2.93. The molecule has 2 heterocycles. The van der Waals surface area contributed by atoms with Crippen molar-refractivity contribution in [3.63, 3.8) is 0 Å². The average molecular weight is 370 g/mol. The van der Waals surface area contributed by atoms with E-state index < -0.39 is 5.97 Å². The van der Waals surface area contributed by atoms with Crippen LogP contribution in [-0.2, 0) is 9.53 Å². The number of methoxy groups -OCH3 is 1. The minimum Gasteiger partial charge on any atom is -0.506 e. The molecule has 0 saturated heterocycles. The highest BCUT2D eigenvalue weighted by Gasteiger charge is 2.33. The average Bonchev–Trinajstić information content (AvgIpc) is 3.25. The van der Waals surface area contributed by atoms with Crippen LogP contribution in [0.3, 0.4) is 0 Å². The monoisotopic (exact) mass is 370 g/mol. The fourth-order valence-corrected chi connectivity index (χ4v) is 3.37. The highest BCUT2D eigenvalue weighted by Crippen LogP contribution is 2.40. The van der Waals surface area contributed by atoms with Crippen LogP contribution in [0.15, 0.2) is 63.8 Å². The first kappa shape index (κ1) is 17.9. The maximum Gasteiger partial charge on any atom is 0.344 e. The highest BCUT2D eigenvalue weighted by molar-refractivity contribution is 8.18. The molecule has 0 aliphatic carbocycles. The fraction of sp³-hybridized carbons (Fsp3) is 0.158. The molecule has 134 valence electrons. The molecule has 1 aromatic carbocycles. The number of nitrogens with zero attached hydrogens (tertiary/aromatic N) is 1. The molecule has 7 heteroatoms. The van der Waals surface area contributed by atoms with Crippen molar-refractivity contribution in [2.24, 2.45) is 4.99 Å². The Morgan fingerprint density at radius 2 is 2.08 bits per heavy atom. The SMILES string of the molecule is CCOC(=O)C1=C(O)/C(=C/c2ccc[nH]2)SC1=Nc1ccc(OC)cc1. The Kier molecular flexibility index (Phi) is 5.48. The van der Waals surface area contributed by atoms with E-state index in [0.717, 1.165) is 5.69 Å². The number of ether oxygens (including phenoxy) is 2. The largest absolute Gasteiger partial charge is 0.506 e. The molecule has 0 unspecified atom stereocenters. The molecular weight excluding hydrogens is 352 g/mol. The highest BCUT2D eigenvalue weighted by atomic mass is 32.2. The number of aromatic amines is 1. The van der Waals surface area contributed by atoms with Crippen LogP contribution in [0.25, 0.3) is 6.08 Å². The van der Waals surface area contributed by atoms with Gasteiger partial charge >= 0.3 is 5.97 Å². The summed E-state index contributed by atoms with van der Waals surface area (Å²) in [6, 6.07) is 10.8. The van der Waals surface area contributed by atoms with Gasteiger partial charge in [-0.2, -0.15) is 0 Å². The lowest BCUT2D eigenvalue weighted by atomic mass is 10.2. The first-order valence-corrected chi connectivity index (χ1v) is 8.80. The lowest BCUT2D eigenvalue weighted by molar-refractivity contribution is -0.138. The number of carbonyl (C=O) groups is 1. The first-order chi connectivity index (χ1) is 12.6. The van der Waals surface area contributed by atoms with Gasteiger partial charge < -0.3 is 19.6 Å². The molecule has 1 aromatic heterocycles. The zero-order valence-corrected chi connectivity index (χ0v) is 15.2. The minimum absolute atomic E-state index is 0.0745. The molecule has 0 saturated carbocycles. The fourth-order valence-electron chi connectivity index (χ4n) is 2.34. The molecule has 26 heavy (non-hydrogen) atoms. The van der Waals surface area contributed by atoms with Crippen LogP contribution in [-0.4, -0.2) is 34.8 Å². The van der Waals surface area contributed by atoms with E-state index in [1.54, 1.807) is 50.6 Å². The third-order valence-corrected chi connectivity index (χ3v) is 4.60. The summed E-state index contributed by atoms with van der Waals surface area (Å²) in [6.07, 6.45) is 3.54. The third kappa shape index (κ3) is 3.83. The van der Waals surface area contributed by atoms with E-state index in [2.05, 4.69) is 9.98 Å². The topological polar surface area (TPSA) is 83.9 Å². The van der Waals surface area contributed by atoms with Gasteiger partial charge in [0.05, 0.1) is 24.3 Å². The van der Waals surface area contributed by atoms with E-state index in [0.29, 0.717) is 21.4 Å². The normalized spacial score (nSPS) is 17.2. The van der Waals surface area contributed by atoms with E-state index in [1.807, 2.05) is 12.1 Å². The van der Waals surface area contributed by atoms with Crippen LogP contribution in [0, 0.1) is 0 Å². The first-order valence-electron chi connectivity index (χ1n) is 7.99. The van der Waals surface area contributed by atoms with E-state index in [4.69, 9.17) is 9.47 Å². The molecule has 0 radical (unpaired) electrons. The van der Waals surface area contributed by atoms with Gasteiger partial charge in [-0.25, -0.2) is 9.79 Å². The van der Waals surface area contributed by atoms with Gasteiger partial charge in [0.15, 0.2) is 0 Å². The summed E-state index contributed by atoms with van der Waals surface area (Å²) in [6.45, 7) is 1.93. The van der Waals surface area contributed by atoms with Crippen LogP contribution in [0.1, 0.15) is 12.6 Å². The number of thioether (sulfide) groups is 1. The number of aromatic nitrogens is 1. The van der Waals surface area contributed by atoms with E-state index in [9.17, 15) is 9.90 Å². The summed E-state index contributed by atoms with van der Waals surface area (Å²) < 4.78 is 10.2. The van der Waals surface area contributed by atoms with Gasteiger partial charge in [-0.05, 0) is 49.4 Å². The summed E-state index contributed by atoms with van der Waals surface area (Å²) >= 11 is 1.22. The van der Waals surface area contributed by atoms with Crippen LogP contribution in [0.5, 0.6) is 5.75 Å². The Bertz CT molecular complexity index is 881. The number of hydrogen-bond donors (Lipinski definition) is 2. The van der Waals surface area contributed by atoms with Crippen molar-refractivity contribution in [1.82, 2.24) is 4.98 Å². The van der Waals surface area contributed by atoms with Gasteiger partial charge in [-0.15, -0.1) is 0 Å². The predicted molar refractivity (Wildman–Crippen MR) is 103 cm³/mol. The van der Waals surface area contributed by atoms with Crippen molar-refractivity contribution in [2.75, 3.05) is 13.7 Å². The number of aliphatic hydroxyl groups excluding tert-OH is 1. The third-order valence-electron chi connectivity index (χ3n) is 3.58. The van der Waals surface area contributed by atoms with Crippen molar-refractivity contribution >= 4 is 34.5 Å². The molecule has 2 aromatic rings. The molecule has 6 nitrogen and oxygen atoms in total. The maximum atomic E-state index is 12.3. The van der Waals surface area contributed by atoms with Crippen LogP contribution in [0.4, 0.5) is 5.69 Å². The molecule has 3 rings (SSSR count). The van der Waals surface area contributed by atoms with E-state index >= 15 is 0 Å². The Labute approximate surface area is 155 Å². The number of nitrogens with one attached hydrogen (secondary N) is 1. The summed E-state index contributed by atoms with van der Waals surface area (Å²) in [7, 11) is 1.59. The lowest BCUT2D eigenvalue weighted by Crippen LogP contribution is -2.12. The second-order valence-electron chi connectivity index (χ2n) is 5.30. The van der Waals surface area contributed by atoms with Crippen LogP contribution in [0.2, 0.25) is 0 Å². The standard InChI is InChI=1S/C19H18N2O4S/c1-3-25-19(23)16-17(22)15(11-13-5-4-10-20-13)26-18(16)21-12-6-8-14(24-2)9-7-12/h4-11,20,22H,3H2,1-2H3/b15-11-,21-18?. The Balaban J connectivity index is 1.99. The second-order valence-corrected chi connectivity index (χ2v) is 6.33. The molecule has 2 N–H and O–H groups in total. The van der Waals surface area contributed by atoms with Gasteiger partial charge in [0.25, 0.3) is 0 Å². The van der Waals surface area contributed by atoms with Gasteiger partial charge in [-0.1, -0.05) is 11.8 Å². The predicted octanol–water partition coefficient (Wildman–Crippen LogP) is 4.22. The van der Waals surface area contributed by atoms with Crippen molar-refractivity contribution in [3.05, 3.63) is 64.5 Å². The number of H-pyrrole nitrogens is 1. The molecule has 1 aliphatic heterocycles. The number of carbonyl (C=O) groups excluding carboxylic acids is 1. The summed E-state index contributed by atoms with van der Waals surface area (Å²) in [5.74, 6) is -0.0145. The second kappa shape index (κ2) is 7.97. The van der Waals surface area contributed by atoms with Crippen LogP contribution < -0.4 is 4.74 Å². The number of benzene rings is 1. The molecule has 0 atom stereocenters. The van der Waals surface area contributed by atoms with Crippen molar-refractivity contribution in [2.45, 2.75) is 6.92 Å². The quantitative estimate of drug-likeness (QED) is 0.770. The molecule has 0 amide bonds. The van der Waals surface area contributed by atoms with Gasteiger partial charge in [-0.3, -0.25) is 0 Å². The Morgan fingerprint density at radius 1 is 1.31 bits per heavy atom. The number of aliphatic imine (C=N–C) groups is 1. The number of rotatable bonds is 5.